The average Bonchev–Trinajstić information content (AvgIpc) is 2.34. The van der Waals surface area contributed by atoms with Crippen LogP contribution in [0.5, 0.6) is 0 Å². The van der Waals surface area contributed by atoms with E-state index < -0.39 is 0 Å². The number of nitrogens with one attached hydrogen (secondary N) is 1. The SMILES string of the molecule is CNCC(=O)N(CCN(C)C)Cc1cccc(C)c1. The highest BCUT2D eigenvalue weighted by Crippen LogP contribution is 2.08. The summed E-state index contributed by atoms with van der Waals surface area (Å²) in [6.07, 6.45) is 0. The molecule has 0 aliphatic carbocycles. The van der Waals surface area contributed by atoms with Crippen LogP contribution < -0.4 is 5.32 Å². The van der Waals surface area contributed by atoms with Crippen LogP contribution in [0.3, 0.4) is 0 Å². The topological polar surface area (TPSA) is 35.6 Å². The Morgan fingerprint density at radius 1 is 1.26 bits per heavy atom. The van der Waals surface area contributed by atoms with E-state index in [1.54, 1.807) is 7.05 Å². The van der Waals surface area contributed by atoms with E-state index in [4.69, 9.17) is 0 Å². The summed E-state index contributed by atoms with van der Waals surface area (Å²) in [6, 6.07) is 8.32. The molecular weight excluding hydrogens is 238 g/mol. The molecule has 0 aromatic heterocycles. The van der Waals surface area contributed by atoms with Gasteiger partial charge in [0.25, 0.3) is 0 Å². The minimum absolute atomic E-state index is 0.144. The maximum atomic E-state index is 12.1. The number of aryl methyl sites for hydroxylation is 1. The largest absolute Gasteiger partial charge is 0.336 e. The number of hydrogen-bond acceptors (Lipinski definition) is 3. The van der Waals surface area contributed by atoms with Crippen molar-refractivity contribution in [2.75, 3.05) is 40.8 Å². The predicted octanol–water partition coefficient (Wildman–Crippen LogP) is 1.10. The number of hydrogen-bond donors (Lipinski definition) is 1. The molecule has 0 heterocycles. The van der Waals surface area contributed by atoms with Gasteiger partial charge in [0.05, 0.1) is 6.54 Å². The number of carbonyl (C=O) groups excluding carboxylic acids is 1. The second-order valence-electron chi connectivity index (χ2n) is 5.14. The van der Waals surface area contributed by atoms with Gasteiger partial charge in [0, 0.05) is 19.6 Å². The highest BCUT2D eigenvalue weighted by atomic mass is 16.2. The molecule has 0 atom stereocenters. The molecule has 4 heteroatoms. The third-order valence-electron chi connectivity index (χ3n) is 2.95. The zero-order valence-electron chi connectivity index (χ0n) is 12.4. The van der Waals surface area contributed by atoms with E-state index in [1.807, 2.05) is 25.1 Å². The van der Waals surface area contributed by atoms with Crippen molar-refractivity contribution in [3.63, 3.8) is 0 Å². The first-order chi connectivity index (χ1) is 9.02. The Kier molecular flexibility index (Phi) is 6.53. The molecule has 0 unspecified atom stereocenters. The summed E-state index contributed by atoms with van der Waals surface area (Å²) >= 11 is 0. The Morgan fingerprint density at radius 2 is 2.00 bits per heavy atom. The highest BCUT2D eigenvalue weighted by Gasteiger charge is 2.13. The fraction of sp³-hybridized carbons (Fsp3) is 0.533. The molecular formula is C15H25N3O. The average molecular weight is 263 g/mol. The summed E-state index contributed by atoms with van der Waals surface area (Å²) in [5, 5.41) is 2.93. The van der Waals surface area contributed by atoms with E-state index in [1.165, 1.54) is 11.1 Å². The van der Waals surface area contributed by atoms with E-state index in [0.29, 0.717) is 13.1 Å². The van der Waals surface area contributed by atoms with Crippen LogP contribution in [0.15, 0.2) is 24.3 Å². The Morgan fingerprint density at radius 3 is 2.58 bits per heavy atom. The summed E-state index contributed by atoms with van der Waals surface area (Å²) in [5.41, 5.74) is 2.41. The lowest BCUT2D eigenvalue weighted by Crippen LogP contribution is -2.40. The lowest BCUT2D eigenvalue weighted by atomic mass is 10.1. The van der Waals surface area contributed by atoms with E-state index >= 15 is 0 Å². The van der Waals surface area contributed by atoms with Gasteiger partial charge in [0.15, 0.2) is 0 Å². The highest BCUT2D eigenvalue weighted by molar-refractivity contribution is 5.78. The van der Waals surface area contributed by atoms with Crippen LogP contribution in [-0.2, 0) is 11.3 Å². The summed E-state index contributed by atoms with van der Waals surface area (Å²) in [5.74, 6) is 0.144. The van der Waals surface area contributed by atoms with Crippen molar-refractivity contribution in [2.24, 2.45) is 0 Å². The molecule has 0 spiro atoms. The molecule has 1 amide bonds. The summed E-state index contributed by atoms with van der Waals surface area (Å²) < 4.78 is 0. The second kappa shape index (κ2) is 7.92. The van der Waals surface area contributed by atoms with Gasteiger partial charge in [-0.2, -0.15) is 0 Å². The zero-order valence-corrected chi connectivity index (χ0v) is 12.4. The van der Waals surface area contributed by atoms with Crippen molar-refractivity contribution >= 4 is 5.91 Å². The van der Waals surface area contributed by atoms with Gasteiger partial charge in [-0.25, -0.2) is 0 Å². The van der Waals surface area contributed by atoms with Crippen molar-refractivity contribution in [1.29, 1.82) is 0 Å². The van der Waals surface area contributed by atoms with Gasteiger partial charge in [-0.05, 0) is 33.6 Å². The van der Waals surface area contributed by atoms with Crippen LogP contribution >= 0.6 is 0 Å². The Hall–Kier alpha value is -1.39. The number of benzene rings is 1. The molecule has 19 heavy (non-hydrogen) atoms. The first-order valence-corrected chi connectivity index (χ1v) is 6.65. The van der Waals surface area contributed by atoms with Crippen molar-refractivity contribution in [3.05, 3.63) is 35.4 Å². The van der Waals surface area contributed by atoms with Crippen molar-refractivity contribution in [1.82, 2.24) is 15.1 Å². The van der Waals surface area contributed by atoms with Gasteiger partial charge in [-0.15, -0.1) is 0 Å². The Bertz CT molecular complexity index is 404. The fourth-order valence-corrected chi connectivity index (χ4v) is 1.91. The zero-order chi connectivity index (χ0) is 14.3. The van der Waals surface area contributed by atoms with Crippen LogP contribution in [0, 0.1) is 6.92 Å². The molecule has 4 nitrogen and oxygen atoms in total. The molecule has 0 aliphatic rings. The van der Waals surface area contributed by atoms with E-state index in [9.17, 15) is 4.79 Å². The van der Waals surface area contributed by atoms with Gasteiger partial charge < -0.3 is 15.1 Å². The molecule has 1 aromatic rings. The Balaban J connectivity index is 2.69. The lowest BCUT2D eigenvalue weighted by Gasteiger charge is -2.24. The first-order valence-electron chi connectivity index (χ1n) is 6.65. The minimum atomic E-state index is 0.144. The smallest absolute Gasteiger partial charge is 0.236 e. The van der Waals surface area contributed by atoms with E-state index in [2.05, 4.69) is 35.3 Å². The second-order valence-corrected chi connectivity index (χ2v) is 5.14. The maximum absolute atomic E-state index is 12.1. The number of carbonyl (C=O) groups is 1. The van der Waals surface area contributed by atoms with Crippen molar-refractivity contribution < 1.29 is 4.79 Å². The van der Waals surface area contributed by atoms with Crippen LogP contribution in [0.4, 0.5) is 0 Å². The van der Waals surface area contributed by atoms with Crippen LogP contribution in [0.1, 0.15) is 11.1 Å². The van der Waals surface area contributed by atoms with Crippen molar-refractivity contribution in [2.45, 2.75) is 13.5 Å². The van der Waals surface area contributed by atoms with Crippen LogP contribution in [-0.4, -0.2) is 56.5 Å². The molecule has 0 saturated heterocycles. The van der Waals surface area contributed by atoms with Gasteiger partial charge in [0.2, 0.25) is 5.91 Å². The van der Waals surface area contributed by atoms with E-state index in [-0.39, 0.29) is 5.91 Å². The number of rotatable bonds is 7. The van der Waals surface area contributed by atoms with Gasteiger partial charge in [0.1, 0.15) is 0 Å². The van der Waals surface area contributed by atoms with Gasteiger partial charge >= 0.3 is 0 Å². The summed E-state index contributed by atoms with van der Waals surface area (Å²) in [6.45, 7) is 4.76. The van der Waals surface area contributed by atoms with Gasteiger partial charge in [-0.1, -0.05) is 29.8 Å². The van der Waals surface area contributed by atoms with Crippen LogP contribution in [0.2, 0.25) is 0 Å². The standard InChI is InChI=1S/C15H25N3O/c1-13-6-5-7-14(10-13)12-18(9-8-17(3)4)15(19)11-16-2/h5-7,10,16H,8-9,11-12H2,1-4H3. The molecule has 1 rings (SSSR count). The number of likely N-dealkylation sites (N-methyl/N-ethyl adjacent to an activating group) is 2. The minimum Gasteiger partial charge on any atom is -0.336 e. The van der Waals surface area contributed by atoms with Crippen LogP contribution in [0.25, 0.3) is 0 Å². The number of nitrogens with zero attached hydrogens (tertiary/aromatic N) is 2. The van der Waals surface area contributed by atoms with E-state index in [0.717, 1.165) is 13.1 Å². The molecule has 0 radical (unpaired) electrons. The summed E-state index contributed by atoms with van der Waals surface area (Å²) in [7, 11) is 5.84. The fourth-order valence-electron chi connectivity index (χ4n) is 1.91. The normalized spacial score (nSPS) is 10.8. The third-order valence-corrected chi connectivity index (χ3v) is 2.95. The molecule has 1 aromatic carbocycles. The van der Waals surface area contributed by atoms with Gasteiger partial charge in [-0.3, -0.25) is 4.79 Å². The molecule has 0 aliphatic heterocycles. The predicted molar refractivity (Wildman–Crippen MR) is 79.1 cm³/mol. The summed E-state index contributed by atoms with van der Waals surface area (Å²) in [4.78, 5) is 16.1. The molecule has 1 N–H and O–H groups in total. The molecule has 0 bridgehead atoms. The van der Waals surface area contributed by atoms with Crippen molar-refractivity contribution in [3.8, 4) is 0 Å². The monoisotopic (exact) mass is 263 g/mol. The molecule has 0 saturated carbocycles. The third kappa shape index (κ3) is 5.85. The molecule has 106 valence electrons. The quantitative estimate of drug-likeness (QED) is 0.800. The Labute approximate surface area is 116 Å². The lowest BCUT2D eigenvalue weighted by molar-refractivity contribution is -0.130. The maximum Gasteiger partial charge on any atom is 0.236 e. The first kappa shape index (κ1) is 15.7. The number of amides is 1. The molecule has 0 fully saturated rings.